The van der Waals surface area contributed by atoms with Crippen LogP contribution in [0.3, 0.4) is 0 Å². The van der Waals surface area contributed by atoms with E-state index in [4.69, 9.17) is 8.92 Å². The number of benzene rings is 2. The van der Waals surface area contributed by atoms with Crippen molar-refractivity contribution in [1.29, 1.82) is 0 Å². The molecule has 2 aromatic carbocycles. The molecule has 1 heterocycles. The first-order valence-electron chi connectivity index (χ1n) is 10.7. The maximum absolute atomic E-state index is 12.9. The Kier molecular flexibility index (Phi) is 7.67. The Morgan fingerprint density at radius 2 is 1.82 bits per heavy atom. The summed E-state index contributed by atoms with van der Waals surface area (Å²) in [6, 6.07) is 10.1. The molecule has 2 aromatic rings. The second kappa shape index (κ2) is 10.1. The average Bonchev–Trinajstić information content (AvgIpc) is 3.13. The molecule has 0 bridgehead atoms. The van der Waals surface area contributed by atoms with Crippen LogP contribution in [0, 0.1) is 13.8 Å². The molecule has 1 fully saturated rings. The maximum Gasteiger partial charge on any atom is 0.342 e. The van der Waals surface area contributed by atoms with Crippen LogP contribution < -0.4 is 4.18 Å². The van der Waals surface area contributed by atoms with E-state index >= 15 is 0 Å². The van der Waals surface area contributed by atoms with Gasteiger partial charge in [0.25, 0.3) is 5.91 Å². The molecule has 1 aliphatic rings. The highest BCUT2D eigenvalue weighted by molar-refractivity contribution is 7.91. The molecule has 1 atom stereocenters. The van der Waals surface area contributed by atoms with Crippen molar-refractivity contribution in [3.63, 3.8) is 0 Å². The number of carbonyl (C=O) groups excluding carboxylic acids is 2. The summed E-state index contributed by atoms with van der Waals surface area (Å²) in [7, 11) is -7.42. The summed E-state index contributed by atoms with van der Waals surface area (Å²) >= 11 is 0. The number of esters is 1. The lowest BCUT2D eigenvalue weighted by Gasteiger charge is -2.26. The van der Waals surface area contributed by atoms with E-state index in [0.29, 0.717) is 12.0 Å². The third kappa shape index (κ3) is 5.95. The van der Waals surface area contributed by atoms with Crippen molar-refractivity contribution >= 4 is 31.8 Å². The van der Waals surface area contributed by atoms with E-state index in [0.717, 1.165) is 5.56 Å². The van der Waals surface area contributed by atoms with Gasteiger partial charge in [-0.1, -0.05) is 24.3 Å². The van der Waals surface area contributed by atoms with E-state index in [1.165, 1.54) is 35.2 Å². The first-order chi connectivity index (χ1) is 15.9. The molecule has 0 aromatic heterocycles. The maximum atomic E-state index is 12.9. The van der Waals surface area contributed by atoms with Gasteiger partial charge >= 0.3 is 16.1 Å². The van der Waals surface area contributed by atoms with Gasteiger partial charge in [0.15, 0.2) is 22.2 Å². The van der Waals surface area contributed by atoms with E-state index < -0.39 is 44.5 Å². The van der Waals surface area contributed by atoms with Gasteiger partial charge in [-0.25, -0.2) is 13.2 Å². The number of nitrogens with zero attached hydrogens (tertiary/aromatic N) is 1. The number of aryl methyl sites for hydroxylation is 2. The predicted octanol–water partition coefficient (Wildman–Crippen LogP) is 2.26. The van der Waals surface area contributed by atoms with Gasteiger partial charge < -0.3 is 13.8 Å². The van der Waals surface area contributed by atoms with Crippen LogP contribution >= 0.6 is 0 Å². The molecule has 0 aliphatic carbocycles. The van der Waals surface area contributed by atoms with Gasteiger partial charge in [-0.15, -0.1) is 0 Å². The van der Waals surface area contributed by atoms with Crippen LogP contribution in [-0.2, 0) is 29.5 Å². The Bertz CT molecular complexity index is 1300. The number of likely N-dealkylation sites (N-methyl/N-ethyl adjacent to an activating group) is 1. The zero-order valence-corrected chi connectivity index (χ0v) is 20.8. The van der Waals surface area contributed by atoms with Crippen molar-refractivity contribution in [2.75, 3.05) is 24.7 Å². The third-order valence-corrected chi connectivity index (χ3v) is 8.68. The summed E-state index contributed by atoms with van der Waals surface area (Å²) in [4.78, 5) is 26.7. The Morgan fingerprint density at radius 1 is 1.12 bits per heavy atom. The number of hydrogen-bond donors (Lipinski definition) is 0. The molecule has 0 radical (unpaired) electrons. The minimum atomic E-state index is -4.23. The average molecular weight is 510 g/mol. The standard InChI is InChI=1S/C23H27NO8S2/c1-4-24(18-11-12-33(27,28)15-18)22(25)14-31-23(26)19-7-5-6-8-20(19)32-34(29,30)21-13-16(2)9-10-17(21)3/h5-10,13,18H,4,11-12,14-15H2,1-3H3. The molecule has 1 unspecified atom stereocenters. The van der Waals surface area contributed by atoms with Crippen LogP contribution in [0.2, 0.25) is 0 Å². The van der Waals surface area contributed by atoms with Gasteiger partial charge in [0, 0.05) is 12.6 Å². The van der Waals surface area contributed by atoms with Crippen molar-refractivity contribution in [3.8, 4) is 5.75 Å². The molecule has 1 aliphatic heterocycles. The molecule has 9 nitrogen and oxygen atoms in total. The van der Waals surface area contributed by atoms with Crippen molar-refractivity contribution in [1.82, 2.24) is 4.90 Å². The van der Waals surface area contributed by atoms with Crippen molar-refractivity contribution < 1.29 is 35.3 Å². The van der Waals surface area contributed by atoms with Crippen LogP contribution in [0.5, 0.6) is 5.75 Å². The van der Waals surface area contributed by atoms with Crippen LogP contribution in [0.25, 0.3) is 0 Å². The van der Waals surface area contributed by atoms with Gasteiger partial charge in [-0.2, -0.15) is 8.42 Å². The van der Waals surface area contributed by atoms with E-state index in [1.807, 2.05) is 0 Å². The van der Waals surface area contributed by atoms with E-state index in [-0.39, 0.29) is 34.3 Å². The smallest absolute Gasteiger partial charge is 0.342 e. The van der Waals surface area contributed by atoms with Crippen molar-refractivity contribution in [3.05, 3.63) is 59.2 Å². The number of ether oxygens (including phenoxy) is 1. The predicted molar refractivity (Wildman–Crippen MR) is 125 cm³/mol. The lowest BCUT2D eigenvalue weighted by molar-refractivity contribution is -0.136. The van der Waals surface area contributed by atoms with Gasteiger partial charge in [0.05, 0.1) is 11.5 Å². The zero-order chi connectivity index (χ0) is 25.1. The van der Waals surface area contributed by atoms with Gasteiger partial charge in [0.1, 0.15) is 10.5 Å². The molecular weight excluding hydrogens is 482 g/mol. The summed E-state index contributed by atoms with van der Waals surface area (Å²) < 4.78 is 59.6. The molecule has 1 amide bonds. The number of carbonyl (C=O) groups is 2. The molecule has 3 rings (SSSR count). The monoisotopic (exact) mass is 509 g/mol. The summed E-state index contributed by atoms with van der Waals surface area (Å²) in [5.41, 5.74) is 1.06. The fraction of sp³-hybridized carbons (Fsp3) is 0.391. The van der Waals surface area contributed by atoms with Crippen LogP contribution in [0.4, 0.5) is 0 Å². The minimum absolute atomic E-state index is 0.0147. The molecule has 11 heteroatoms. The summed E-state index contributed by atoms with van der Waals surface area (Å²) in [6.07, 6.45) is 0.336. The Labute approximate surface area is 199 Å². The first kappa shape index (κ1) is 25.7. The summed E-state index contributed by atoms with van der Waals surface area (Å²) in [5, 5.41) is 0. The van der Waals surface area contributed by atoms with Gasteiger partial charge in [-0.05, 0) is 56.5 Å². The van der Waals surface area contributed by atoms with Gasteiger partial charge in [-0.3, -0.25) is 4.79 Å². The lowest BCUT2D eigenvalue weighted by Crippen LogP contribution is -2.43. The van der Waals surface area contributed by atoms with Crippen molar-refractivity contribution in [2.24, 2.45) is 0 Å². The number of amides is 1. The molecule has 0 saturated carbocycles. The summed E-state index contributed by atoms with van der Waals surface area (Å²) in [6.45, 7) is 4.76. The molecule has 0 N–H and O–H groups in total. The highest BCUT2D eigenvalue weighted by Gasteiger charge is 2.34. The first-order valence-corrected chi connectivity index (χ1v) is 13.9. The highest BCUT2D eigenvalue weighted by atomic mass is 32.2. The molecule has 184 valence electrons. The van der Waals surface area contributed by atoms with E-state index in [2.05, 4.69) is 0 Å². The summed E-state index contributed by atoms with van der Waals surface area (Å²) in [5.74, 6) is -1.79. The fourth-order valence-electron chi connectivity index (χ4n) is 3.80. The number of sulfone groups is 1. The molecule has 0 spiro atoms. The second-order valence-electron chi connectivity index (χ2n) is 8.12. The van der Waals surface area contributed by atoms with E-state index in [9.17, 15) is 26.4 Å². The second-order valence-corrected chi connectivity index (χ2v) is 11.9. The number of para-hydroxylation sites is 1. The normalized spacial score (nSPS) is 17.2. The van der Waals surface area contributed by atoms with Crippen LogP contribution in [0.15, 0.2) is 47.4 Å². The van der Waals surface area contributed by atoms with E-state index in [1.54, 1.807) is 32.9 Å². The molecular formula is C23H27NO8S2. The lowest BCUT2D eigenvalue weighted by atomic mass is 10.2. The SMILES string of the molecule is CCN(C(=O)COC(=O)c1ccccc1OS(=O)(=O)c1cc(C)ccc1C)C1CCS(=O)(=O)C1. The largest absolute Gasteiger partial charge is 0.452 e. The Hall–Kier alpha value is -2.92. The zero-order valence-electron chi connectivity index (χ0n) is 19.2. The quantitative estimate of drug-likeness (QED) is 0.392. The molecule has 1 saturated heterocycles. The van der Waals surface area contributed by atoms with Crippen LogP contribution in [-0.4, -0.2) is 64.3 Å². The molecule has 34 heavy (non-hydrogen) atoms. The van der Waals surface area contributed by atoms with Gasteiger partial charge in [0.2, 0.25) is 0 Å². The van der Waals surface area contributed by atoms with Crippen LogP contribution in [0.1, 0.15) is 34.8 Å². The Morgan fingerprint density at radius 3 is 2.47 bits per heavy atom. The number of hydrogen-bond acceptors (Lipinski definition) is 8. The Balaban J connectivity index is 1.73. The van der Waals surface area contributed by atoms with Crippen molar-refractivity contribution in [2.45, 2.75) is 38.1 Å². The highest BCUT2D eigenvalue weighted by Crippen LogP contribution is 2.26. The minimum Gasteiger partial charge on any atom is -0.452 e. The third-order valence-electron chi connectivity index (χ3n) is 5.56. The topological polar surface area (TPSA) is 124 Å². The fourth-order valence-corrected chi connectivity index (χ4v) is 6.79. The number of rotatable bonds is 8.